The molecule has 4 heterocycles. The summed E-state index contributed by atoms with van der Waals surface area (Å²) in [5, 5.41) is 18.6. The van der Waals surface area contributed by atoms with Crippen LogP contribution in [0.15, 0.2) is 35.4 Å². The van der Waals surface area contributed by atoms with E-state index in [4.69, 9.17) is 4.52 Å². The molecule has 0 spiro atoms. The van der Waals surface area contributed by atoms with Gasteiger partial charge in [0.1, 0.15) is 17.9 Å². The third-order valence-corrected chi connectivity index (χ3v) is 4.46. The third-order valence-electron chi connectivity index (χ3n) is 4.46. The Balaban J connectivity index is 1.51. The lowest BCUT2D eigenvalue weighted by molar-refractivity contribution is 0.143. The van der Waals surface area contributed by atoms with Crippen LogP contribution in [-0.4, -0.2) is 49.2 Å². The smallest absolute Gasteiger partial charge is 0.158 e. The van der Waals surface area contributed by atoms with Crippen LogP contribution in [-0.2, 0) is 6.42 Å². The Morgan fingerprint density at radius 3 is 2.76 bits per heavy atom. The molecular formula is C17H20N6O2. The zero-order valence-corrected chi connectivity index (χ0v) is 14.2. The normalized spacial score (nSPS) is 20.4. The zero-order chi connectivity index (χ0) is 17.4. The van der Waals surface area contributed by atoms with Gasteiger partial charge in [-0.3, -0.25) is 0 Å². The van der Waals surface area contributed by atoms with Crippen LogP contribution in [0.1, 0.15) is 17.0 Å². The first-order chi connectivity index (χ1) is 12.1. The maximum atomic E-state index is 10.4. The van der Waals surface area contributed by atoms with E-state index in [2.05, 4.69) is 25.1 Å². The topological polar surface area (TPSA) is 93.1 Å². The molecular weight excluding hydrogens is 320 g/mol. The summed E-state index contributed by atoms with van der Waals surface area (Å²) in [5.41, 5.74) is 1.92. The number of aliphatic hydroxyl groups is 1. The van der Waals surface area contributed by atoms with Crippen LogP contribution in [0.4, 0.5) is 5.82 Å². The van der Waals surface area contributed by atoms with Gasteiger partial charge in [0.2, 0.25) is 0 Å². The molecule has 8 nitrogen and oxygen atoms in total. The van der Waals surface area contributed by atoms with Crippen LogP contribution in [0.5, 0.6) is 0 Å². The lowest BCUT2D eigenvalue weighted by Gasteiger charge is -2.17. The maximum absolute atomic E-state index is 10.4. The number of nitrogens with zero attached hydrogens (tertiary/aromatic N) is 6. The van der Waals surface area contributed by atoms with Crippen molar-refractivity contribution in [2.24, 2.45) is 5.92 Å². The lowest BCUT2D eigenvalue weighted by atomic mass is 10.0. The van der Waals surface area contributed by atoms with E-state index in [0.717, 1.165) is 22.8 Å². The monoisotopic (exact) mass is 340 g/mol. The van der Waals surface area contributed by atoms with E-state index in [0.29, 0.717) is 25.3 Å². The van der Waals surface area contributed by atoms with Crippen LogP contribution in [0.3, 0.4) is 0 Å². The van der Waals surface area contributed by atoms with Crippen molar-refractivity contribution in [1.29, 1.82) is 0 Å². The van der Waals surface area contributed by atoms with Gasteiger partial charge in [0.25, 0.3) is 0 Å². The van der Waals surface area contributed by atoms with Gasteiger partial charge in [-0.15, -0.1) is 0 Å². The summed E-state index contributed by atoms with van der Waals surface area (Å²) in [6, 6.07) is 3.80. The van der Waals surface area contributed by atoms with Crippen molar-refractivity contribution in [3.8, 4) is 5.82 Å². The van der Waals surface area contributed by atoms with Gasteiger partial charge >= 0.3 is 0 Å². The molecule has 3 aromatic rings. The van der Waals surface area contributed by atoms with E-state index in [9.17, 15) is 5.11 Å². The highest BCUT2D eigenvalue weighted by Gasteiger charge is 2.33. The zero-order valence-electron chi connectivity index (χ0n) is 14.2. The standard InChI is InChI=1S/C17H20N6O2/c1-11-6-20-23(7-11)17-5-16(18-10-19-17)22-8-13(15(24)9-22)4-14-3-12(2)21-25-14/h3,5-7,10,13,15,24H,4,8-9H2,1-2H3/t13-,15-/m1/s1. The fourth-order valence-corrected chi connectivity index (χ4v) is 3.19. The molecule has 0 aromatic carbocycles. The molecule has 0 radical (unpaired) electrons. The van der Waals surface area contributed by atoms with Crippen LogP contribution >= 0.6 is 0 Å². The molecule has 2 atom stereocenters. The van der Waals surface area contributed by atoms with Crippen molar-refractivity contribution in [2.45, 2.75) is 26.4 Å². The molecule has 1 saturated heterocycles. The summed E-state index contributed by atoms with van der Waals surface area (Å²) in [4.78, 5) is 10.7. The highest BCUT2D eigenvalue weighted by atomic mass is 16.5. The first kappa shape index (κ1) is 15.8. The van der Waals surface area contributed by atoms with Crippen molar-refractivity contribution in [1.82, 2.24) is 24.9 Å². The van der Waals surface area contributed by atoms with E-state index < -0.39 is 6.10 Å². The summed E-state index contributed by atoms with van der Waals surface area (Å²) in [5.74, 6) is 2.38. The summed E-state index contributed by atoms with van der Waals surface area (Å²) >= 11 is 0. The van der Waals surface area contributed by atoms with Gasteiger partial charge in [-0.1, -0.05) is 5.16 Å². The number of anilines is 1. The first-order valence-electron chi connectivity index (χ1n) is 8.27. The Labute approximate surface area is 145 Å². The molecule has 1 aliphatic rings. The molecule has 1 aliphatic heterocycles. The van der Waals surface area contributed by atoms with Crippen molar-refractivity contribution in [3.63, 3.8) is 0 Å². The molecule has 0 aliphatic carbocycles. The minimum Gasteiger partial charge on any atom is -0.391 e. The van der Waals surface area contributed by atoms with Crippen LogP contribution in [0.2, 0.25) is 0 Å². The SMILES string of the molecule is Cc1cnn(-c2cc(N3C[C@@H](Cc4cc(C)no4)[C@H](O)C3)ncn2)c1. The van der Waals surface area contributed by atoms with Gasteiger partial charge in [0, 0.05) is 43.8 Å². The summed E-state index contributed by atoms with van der Waals surface area (Å²) in [6.45, 7) is 5.11. The van der Waals surface area contributed by atoms with Gasteiger partial charge in [-0.25, -0.2) is 14.6 Å². The fraction of sp³-hybridized carbons (Fsp3) is 0.412. The minimum absolute atomic E-state index is 0.0812. The van der Waals surface area contributed by atoms with Crippen molar-refractivity contribution >= 4 is 5.82 Å². The number of aliphatic hydroxyl groups excluding tert-OH is 1. The average molecular weight is 340 g/mol. The molecule has 8 heteroatoms. The summed E-state index contributed by atoms with van der Waals surface area (Å²) in [6.07, 6.45) is 5.46. The van der Waals surface area contributed by atoms with E-state index in [-0.39, 0.29) is 5.92 Å². The number of rotatable bonds is 4. The largest absolute Gasteiger partial charge is 0.391 e. The number of aromatic nitrogens is 5. The fourth-order valence-electron chi connectivity index (χ4n) is 3.19. The Kier molecular flexibility index (Phi) is 3.96. The van der Waals surface area contributed by atoms with Gasteiger partial charge in [-0.2, -0.15) is 5.10 Å². The highest BCUT2D eigenvalue weighted by molar-refractivity contribution is 5.44. The van der Waals surface area contributed by atoms with E-state index in [1.54, 1.807) is 10.9 Å². The van der Waals surface area contributed by atoms with Gasteiger partial charge < -0.3 is 14.5 Å². The second-order valence-electron chi connectivity index (χ2n) is 6.57. The Hall–Kier alpha value is -2.74. The maximum Gasteiger partial charge on any atom is 0.158 e. The summed E-state index contributed by atoms with van der Waals surface area (Å²) < 4.78 is 7.00. The van der Waals surface area contributed by atoms with Crippen molar-refractivity contribution < 1.29 is 9.63 Å². The number of aryl methyl sites for hydroxylation is 2. The van der Waals surface area contributed by atoms with Gasteiger partial charge in [0.15, 0.2) is 5.82 Å². The first-order valence-corrected chi connectivity index (χ1v) is 8.27. The van der Waals surface area contributed by atoms with Crippen LogP contribution in [0, 0.1) is 19.8 Å². The van der Waals surface area contributed by atoms with E-state index >= 15 is 0 Å². The number of hydrogen-bond donors (Lipinski definition) is 1. The van der Waals surface area contributed by atoms with E-state index in [1.165, 1.54) is 6.33 Å². The van der Waals surface area contributed by atoms with Crippen LogP contribution < -0.4 is 4.90 Å². The van der Waals surface area contributed by atoms with Crippen LogP contribution in [0.25, 0.3) is 5.82 Å². The molecule has 0 amide bonds. The molecule has 25 heavy (non-hydrogen) atoms. The molecule has 1 N–H and O–H groups in total. The minimum atomic E-state index is -0.434. The highest BCUT2D eigenvalue weighted by Crippen LogP contribution is 2.26. The second kappa shape index (κ2) is 6.29. The quantitative estimate of drug-likeness (QED) is 0.765. The van der Waals surface area contributed by atoms with E-state index in [1.807, 2.05) is 32.2 Å². The number of β-amino-alcohol motifs (C(OH)–C–C–N with tert-alkyl or cyclic N) is 1. The number of hydrogen-bond acceptors (Lipinski definition) is 7. The Morgan fingerprint density at radius 1 is 1.20 bits per heavy atom. The molecule has 4 rings (SSSR count). The lowest BCUT2D eigenvalue weighted by Crippen LogP contribution is -2.22. The van der Waals surface area contributed by atoms with Gasteiger partial charge in [-0.05, 0) is 19.4 Å². The Morgan fingerprint density at radius 2 is 2.04 bits per heavy atom. The molecule has 0 bridgehead atoms. The van der Waals surface area contributed by atoms with Crippen molar-refractivity contribution in [2.75, 3.05) is 18.0 Å². The molecule has 1 fully saturated rings. The second-order valence-corrected chi connectivity index (χ2v) is 6.57. The summed E-state index contributed by atoms with van der Waals surface area (Å²) in [7, 11) is 0. The molecule has 0 saturated carbocycles. The molecule has 130 valence electrons. The Bertz CT molecular complexity index is 873. The predicted molar refractivity (Wildman–Crippen MR) is 90.5 cm³/mol. The molecule has 3 aromatic heterocycles. The van der Waals surface area contributed by atoms with Gasteiger partial charge in [0.05, 0.1) is 18.0 Å². The predicted octanol–water partition coefficient (Wildman–Crippen LogP) is 1.31. The molecule has 0 unspecified atom stereocenters. The third kappa shape index (κ3) is 3.25. The van der Waals surface area contributed by atoms with Crippen molar-refractivity contribution in [3.05, 3.63) is 47.9 Å². The average Bonchev–Trinajstić information content (AvgIpc) is 3.30.